The van der Waals surface area contributed by atoms with Gasteiger partial charge in [-0.25, -0.2) is 14.4 Å². The smallest absolute Gasteiger partial charge is 0.220 e. The Kier molecular flexibility index (Phi) is 14.5. The third kappa shape index (κ3) is 10.4. The van der Waals surface area contributed by atoms with Crippen LogP contribution in [0.15, 0.2) is 88.2 Å². The first kappa shape index (κ1) is 45.2. The van der Waals surface area contributed by atoms with E-state index < -0.39 is 5.82 Å². The number of thiazole rings is 1. The van der Waals surface area contributed by atoms with E-state index in [0.29, 0.717) is 25.8 Å². The molecule has 8 aromatic rings. The molecular weight excluding hydrogens is 852 g/mol. The molecule has 4 aromatic carbocycles. The van der Waals surface area contributed by atoms with Crippen LogP contribution in [0.5, 0.6) is 5.75 Å². The number of morpholine rings is 1. The standard InChI is InChI=1S/C52H59FN8O4S/c1-4-60-46-15-9-38(28-42(46)41-14-12-39(31-48(41)60)45-33-66-34-56-45)32-54-19-7-5-6-8-51(62)55-20-25-64-49-17-10-37(29-43(49)53)11-18-50-57-44-30-40(52-35(2)58-65-36(52)3)13-16-47(44)61(50)22-21-59-23-26-63-27-24-59/h9-10,12-17,28-31,33-34,54H,4-8,11,18-27,32H2,1-3H3,(H,55,62). The summed E-state index contributed by atoms with van der Waals surface area (Å²) in [7, 11) is 0. The number of aryl methyl sites for hydroxylation is 5. The maximum atomic E-state index is 15.3. The Morgan fingerprint density at radius 2 is 1.70 bits per heavy atom. The van der Waals surface area contributed by atoms with Gasteiger partial charge in [-0.2, -0.15) is 0 Å². The average Bonchev–Trinajstić information content (AvgIpc) is 4.14. The number of halogens is 1. The molecule has 1 amide bonds. The lowest BCUT2D eigenvalue weighted by molar-refractivity contribution is -0.121. The molecule has 2 N–H and O–H groups in total. The molecule has 344 valence electrons. The van der Waals surface area contributed by atoms with E-state index in [2.05, 4.69) is 102 Å². The van der Waals surface area contributed by atoms with E-state index in [1.165, 1.54) is 27.4 Å². The molecule has 1 aliphatic heterocycles. The van der Waals surface area contributed by atoms with Crippen LogP contribution < -0.4 is 15.4 Å². The van der Waals surface area contributed by atoms with Crippen molar-refractivity contribution in [1.29, 1.82) is 0 Å². The molecule has 0 saturated carbocycles. The molecule has 1 saturated heterocycles. The molecule has 0 spiro atoms. The Bertz CT molecular complexity index is 2900. The van der Waals surface area contributed by atoms with Crippen molar-refractivity contribution in [1.82, 2.24) is 39.8 Å². The topological polar surface area (TPSA) is 125 Å². The molecule has 1 fully saturated rings. The van der Waals surface area contributed by atoms with Crippen molar-refractivity contribution >= 4 is 50.1 Å². The highest BCUT2D eigenvalue weighted by molar-refractivity contribution is 7.07. The Morgan fingerprint density at radius 1 is 0.848 bits per heavy atom. The molecule has 0 atom stereocenters. The van der Waals surface area contributed by atoms with Crippen LogP contribution in [0.4, 0.5) is 4.39 Å². The zero-order valence-corrected chi connectivity index (χ0v) is 39.0. The highest BCUT2D eigenvalue weighted by Gasteiger charge is 2.19. The van der Waals surface area contributed by atoms with Gasteiger partial charge in [0.15, 0.2) is 11.6 Å². The number of imidazole rings is 1. The fraction of sp³-hybridized carbons (Fsp3) is 0.385. The van der Waals surface area contributed by atoms with Gasteiger partial charge in [-0.15, -0.1) is 11.3 Å². The zero-order chi connectivity index (χ0) is 45.4. The Labute approximate surface area is 389 Å². The first-order valence-electron chi connectivity index (χ1n) is 23.4. The molecule has 14 heteroatoms. The van der Waals surface area contributed by atoms with E-state index in [4.69, 9.17) is 19.0 Å². The van der Waals surface area contributed by atoms with E-state index in [9.17, 15) is 4.79 Å². The minimum Gasteiger partial charge on any atom is -0.489 e. The summed E-state index contributed by atoms with van der Waals surface area (Å²) in [6.07, 6.45) is 4.48. The fourth-order valence-corrected chi connectivity index (χ4v) is 9.87. The molecule has 0 unspecified atom stereocenters. The monoisotopic (exact) mass is 910 g/mol. The average molecular weight is 911 g/mol. The summed E-state index contributed by atoms with van der Waals surface area (Å²) in [6, 6.07) is 24.9. The third-order valence-electron chi connectivity index (χ3n) is 12.8. The largest absolute Gasteiger partial charge is 0.489 e. The van der Waals surface area contributed by atoms with Gasteiger partial charge in [-0.05, 0) is 106 Å². The SMILES string of the molecule is CCn1c2ccc(CNCCCCCC(=O)NCCOc3ccc(CCc4nc5cc(-c6c(C)noc6C)ccc5n4CCN4CCOCC4)cc3F)cc2c2ccc(-c3cscn3)cc21. The lowest BCUT2D eigenvalue weighted by Crippen LogP contribution is -2.38. The highest BCUT2D eigenvalue weighted by Crippen LogP contribution is 2.34. The molecule has 9 rings (SSSR count). The number of ether oxygens (including phenoxy) is 2. The third-order valence-corrected chi connectivity index (χ3v) is 13.4. The van der Waals surface area contributed by atoms with Gasteiger partial charge in [0.05, 0.1) is 47.7 Å². The normalized spacial score (nSPS) is 13.4. The van der Waals surface area contributed by atoms with Crippen LogP contribution in [0.2, 0.25) is 0 Å². The van der Waals surface area contributed by atoms with Crippen LogP contribution in [-0.2, 0) is 42.0 Å². The van der Waals surface area contributed by atoms with Crippen LogP contribution in [-0.4, -0.2) is 87.6 Å². The van der Waals surface area contributed by atoms with Crippen molar-refractivity contribution in [2.24, 2.45) is 0 Å². The van der Waals surface area contributed by atoms with Gasteiger partial charge < -0.3 is 33.8 Å². The number of carbonyl (C=O) groups is 1. The summed E-state index contributed by atoms with van der Waals surface area (Å²) < 4.78 is 36.7. The molecule has 0 bridgehead atoms. The molecule has 0 radical (unpaired) electrons. The summed E-state index contributed by atoms with van der Waals surface area (Å²) in [4.78, 5) is 24.6. The van der Waals surface area contributed by atoms with Crippen LogP contribution in [0, 0.1) is 19.7 Å². The maximum absolute atomic E-state index is 15.3. The van der Waals surface area contributed by atoms with E-state index >= 15 is 4.39 Å². The number of carbonyl (C=O) groups excluding carboxylic acids is 1. The first-order chi connectivity index (χ1) is 32.3. The number of benzene rings is 4. The fourth-order valence-electron chi connectivity index (χ4n) is 9.31. The molecule has 4 aromatic heterocycles. The van der Waals surface area contributed by atoms with Crippen molar-refractivity contribution in [2.45, 2.75) is 78.9 Å². The molecule has 0 aliphatic carbocycles. The van der Waals surface area contributed by atoms with Crippen molar-refractivity contribution in [2.75, 3.05) is 52.5 Å². The lowest BCUT2D eigenvalue weighted by atomic mass is 10.0. The molecule has 5 heterocycles. The van der Waals surface area contributed by atoms with Crippen LogP contribution in [0.1, 0.15) is 61.0 Å². The predicted octanol–water partition coefficient (Wildman–Crippen LogP) is 9.66. The van der Waals surface area contributed by atoms with Crippen LogP contribution in [0.25, 0.3) is 55.2 Å². The van der Waals surface area contributed by atoms with Crippen molar-refractivity contribution < 1.29 is 23.2 Å². The minimum absolute atomic E-state index is 0.0171. The molecule has 66 heavy (non-hydrogen) atoms. The lowest BCUT2D eigenvalue weighted by Gasteiger charge is -2.27. The number of nitrogens with one attached hydrogen (secondary N) is 2. The van der Waals surface area contributed by atoms with E-state index in [1.807, 2.05) is 25.4 Å². The summed E-state index contributed by atoms with van der Waals surface area (Å²) >= 11 is 1.62. The van der Waals surface area contributed by atoms with Gasteiger partial charge in [0, 0.05) is 90.4 Å². The van der Waals surface area contributed by atoms with E-state index in [0.717, 1.165) is 135 Å². The van der Waals surface area contributed by atoms with Crippen LogP contribution >= 0.6 is 11.3 Å². The quantitative estimate of drug-likeness (QED) is 0.0679. The Morgan fingerprint density at radius 3 is 2.50 bits per heavy atom. The number of amides is 1. The van der Waals surface area contributed by atoms with Gasteiger partial charge >= 0.3 is 0 Å². The summed E-state index contributed by atoms with van der Waals surface area (Å²) in [5, 5.41) is 15.3. The maximum Gasteiger partial charge on any atom is 0.220 e. The Balaban J connectivity index is 0.695. The zero-order valence-electron chi connectivity index (χ0n) is 38.2. The second-order valence-corrected chi connectivity index (χ2v) is 17.9. The predicted molar refractivity (Wildman–Crippen MR) is 261 cm³/mol. The van der Waals surface area contributed by atoms with E-state index in [-0.39, 0.29) is 18.3 Å². The van der Waals surface area contributed by atoms with Gasteiger partial charge in [0.25, 0.3) is 0 Å². The van der Waals surface area contributed by atoms with Crippen molar-refractivity contribution in [3.8, 4) is 28.1 Å². The molecule has 1 aliphatic rings. The van der Waals surface area contributed by atoms with Crippen LogP contribution in [0.3, 0.4) is 0 Å². The first-order valence-corrected chi connectivity index (χ1v) is 24.3. The summed E-state index contributed by atoms with van der Waals surface area (Å²) in [6.45, 7) is 14.2. The molecular formula is C52H59FN8O4S. The Hall–Kier alpha value is -5.93. The number of nitrogens with zero attached hydrogens (tertiary/aromatic N) is 6. The number of rotatable bonds is 21. The minimum atomic E-state index is -0.413. The van der Waals surface area contributed by atoms with Gasteiger partial charge in [-0.1, -0.05) is 41.9 Å². The summed E-state index contributed by atoms with van der Waals surface area (Å²) in [5.74, 6) is 1.50. The second kappa shape index (κ2) is 21.1. The van der Waals surface area contributed by atoms with Gasteiger partial charge in [0.2, 0.25) is 5.91 Å². The number of hydrogen-bond acceptors (Lipinski definition) is 10. The number of fused-ring (bicyclic) bond motifs is 4. The summed E-state index contributed by atoms with van der Waals surface area (Å²) in [5.41, 5.74) is 13.5. The highest BCUT2D eigenvalue weighted by atomic mass is 32.1. The molecule has 12 nitrogen and oxygen atoms in total. The van der Waals surface area contributed by atoms with Gasteiger partial charge in [0.1, 0.15) is 18.2 Å². The van der Waals surface area contributed by atoms with Crippen molar-refractivity contribution in [3.63, 3.8) is 0 Å². The van der Waals surface area contributed by atoms with Gasteiger partial charge in [-0.3, -0.25) is 9.69 Å². The van der Waals surface area contributed by atoms with Crippen molar-refractivity contribution in [3.05, 3.63) is 118 Å². The number of aromatic nitrogens is 5. The number of hydrogen-bond donors (Lipinski definition) is 2. The second-order valence-electron chi connectivity index (χ2n) is 17.2. The van der Waals surface area contributed by atoms with E-state index in [1.54, 1.807) is 23.5 Å². The number of unbranched alkanes of at least 4 members (excludes halogenated alkanes) is 2.